The van der Waals surface area contributed by atoms with Gasteiger partial charge in [-0.25, -0.2) is 15.0 Å². The molecule has 0 radical (unpaired) electrons. The molecule has 0 aliphatic rings. The van der Waals surface area contributed by atoms with Crippen molar-refractivity contribution in [1.29, 1.82) is 0 Å². The van der Waals surface area contributed by atoms with E-state index in [4.69, 9.17) is 0 Å². The van der Waals surface area contributed by atoms with Gasteiger partial charge < -0.3 is 9.97 Å². The summed E-state index contributed by atoms with van der Waals surface area (Å²) in [5.41, 5.74) is 1.04. The number of hydrogen-bond acceptors (Lipinski definition) is 4. The molecule has 80 valence electrons. The van der Waals surface area contributed by atoms with Crippen molar-refractivity contribution in [3.63, 3.8) is 0 Å². The molecule has 6 heteroatoms. The Labute approximate surface area is 95.6 Å². The van der Waals surface area contributed by atoms with E-state index in [2.05, 4.69) is 24.9 Å². The highest BCUT2D eigenvalue weighted by atomic mass is 32.1. The lowest BCUT2D eigenvalue weighted by Crippen LogP contribution is -1.87. The Morgan fingerprint density at radius 2 is 2.12 bits per heavy atom. The number of nitrogens with one attached hydrogen (secondary N) is 2. The predicted molar refractivity (Wildman–Crippen MR) is 61.1 cm³/mol. The molecule has 2 N–H and O–H groups in total. The molecule has 0 aliphatic carbocycles. The van der Waals surface area contributed by atoms with Crippen LogP contribution in [0.25, 0.3) is 11.6 Å². The molecule has 0 bridgehead atoms. The number of hydrogen-bond donors (Lipinski definition) is 2. The SMILES string of the molecule is c1c[nH]c(-c2ncc(Cc3nccs3)[nH]2)n1. The maximum Gasteiger partial charge on any atom is 0.173 e. The van der Waals surface area contributed by atoms with Gasteiger partial charge in [0.15, 0.2) is 11.6 Å². The third kappa shape index (κ3) is 1.74. The van der Waals surface area contributed by atoms with Crippen molar-refractivity contribution in [2.75, 3.05) is 0 Å². The van der Waals surface area contributed by atoms with Crippen molar-refractivity contribution in [2.24, 2.45) is 0 Å². The molecule has 5 nitrogen and oxygen atoms in total. The molecule has 0 unspecified atom stereocenters. The molecule has 3 rings (SSSR count). The zero-order chi connectivity index (χ0) is 10.8. The highest BCUT2D eigenvalue weighted by Crippen LogP contribution is 2.14. The van der Waals surface area contributed by atoms with E-state index < -0.39 is 0 Å². The third-order valence-corrected chi connectivity index (χ3v) is 2.96. The smallest absolute Gasteiger partial charge is 0.173 e. The van der Waals surface area contributed by atoms with Crippen LogP contribution in [-0.2, 0) is 6.42 Å². The fraction of sp³-hybridized carbons (Fsp3) is 0.100. The summed E-state index contributed by atoms with van der Waals surface area (Å²) in [6, 6.07) is 0. The third-order valence-electron chi connectivity index (χ3n) is 2.18. The number of nitrogens with zero attached hydrogens (tertiary/aromatic N) is 3. The van der Waals surface area contributed by atoms with Crippen molar-refractivity contribution >= 4 is 11.3 Å². The van der Waals surface area contributed by atoms with E-state index in [0.29, 0.717) is 0 Å². The van der Waals surface area contributed by atoms with Gasteiger partial charge in [-0.05, 0) is 0 Å². The minimum atomic E-state index is 0.755. The van der Waals surface area contributed by atoms with Gasteiger partial charge in [0.25, 0.3) is 0 Å². The summed E-state index contributed by atoms with van der Waals surface area (Å²) >= 11 is 1.64. The van der Waals surface area contributed by atoms with Gasteiger partial charge >= 0.3 is 0 Å². The quantitative estimate of drug-likeness (QED) is 0.722. The molecular weight excluding hydrogens is 222 g/mol. The topological polar surface area (TPSA) is 70.2 Å². The van der Waals surface area contributed by atoms with Gasteiger partial charge in [0, 0.05) is 42.3 Å². The van der Waals surface area contributed by atoms with Crippen molar-refractivity contribution in [1.82, 2.24) is 24.9 Å². The first-order chi connectivity index (χ1) is 7.92. The second-order valence-corrected chi connectivity index (χ2v) is 4.28. The standard InChI is InChI=1S/C10H9N5S/c1-2-13-9(12-1)10-14-6-7(15-10)5-8-11-3-4-16-8/h1-4,6H,5H2,(H,12,13)(H,14,15). The van der Waals surface area contributed by atoms with Crippen LogP contribution in [0.2, 0.25) is 0 Å². The van der Waals surface area contributed by atoms with Gasteiger partial charge in [-0.1, -0.05) is 0 Å². The Kier molecular flexibility index (Phi) is 2.26. The summed E-state index contributed by atoms with van der Waals surface area (Å²) < 4.78 is 0. The minimum Gasteiger partial charge on any atom is -0.342 e. The Hall–Kier alpha value is -1.95. The fourth-order valence-electron chi connectivity index (χ4n) is 1.47. The van der Waals surface area contributed by atoms with Crippen LogP contribution >= 0.6 is 11.3 Å². The first-order valence-electron chi connectivity index (χ1n) is 4.84. The average molecular weight is 231 g/mol. The van der Waals surface area contributed by atoms with Gasteiger partial charge in [0.05, 0.1) is 5.01 Å². The Bertz CT molecular complexity index is 552. The molecule has 0 aromatic carbocycles. The van der Waals surface area contributed by atoms with E-state index in [1.54, 1.807) is 23.7 Å². The predicted octanol–water partition coefficient (Wildman–Crippen LogP) is 1.85. The van der Waals surface area contributed by atoms with E-state index in [1.165, 1.54) is 0 Å². The van der Waals surface area contributed by atoms with E-state index >= 15 is 0 Å². The molecule has 0 fully saturated rings. The molecule has 0 saturated heterocycles. The largest absolute Gasteiger partial charge is 0.342 e. The molecule has 3 aromatic rings. The lowest BCUT2D eigenvalue weighted by Gasteiger charge is -1.91. The highest BCUT2D eigenvalue weighted by molar-refractivity contribution is 7.09. The molecule has 0 aliphatic heterocycles. The Morgan fingerprint density at radius 3 is 2.88 bits per heavy atom. The summed E-state index contributed by atoms with van der Waals surface area (Å²) in [4.78, 5) is 18.9. The molecule has 3 aromatic heterocycles. The Morgan fingerprint density at radius 1 is 1.12 bits per heavy atom. The number of aromatic amines is 2. The van der Waals surface area contributed by atoms with Gasteiger partial charge in [0.2, 0.25) is 0 Å². The maximum atomic E-state index is 4.27. The van der Waals surface area contributed by atoms with Crippen molar-refractivity contribution < 1.29 is 0 Å². The molecule has 0 atom stereocenters. The fourth-order valence-corrected chi connectivity index (χ4v) is 2.11. The van der Waals surface area contributed by atoms with Crippen molar-refractivity contribution in [3.05, 3.63) is 40.9 Å². The van der Waals surface area contributed by atoms with E-state index in [-0.39, 0.29) is 0 Å². The van der Waals surface area contributed by atoms with Crippen LogP contribution in [-0.4, -0.2) is 24.9 Å². The zero-order valence-electron chi connectivity index (χ0n) is 8.34. The lowest BCUT2D eigenvalue weighted by atomic mass is 10.3. The van der Waals surface area contributed by atoms with Crippen LogP contribution in [0.1, 0.15) is 10.7 Å². The number of thiazole rings is 1. The Balaban J connectivity index is 1.83. The number of H-pyrrole nitrogens is 2. The van der Waals surface area contributed by atoms with Crippen LogP contribution in [0.5, 0.6) is 0 Å². The van der Waals surface area contributed by atoms with Crippen LogP contribution in [0.4, 0.5) is 0 Å². The molecule has 0 saturated carbocycles. The molecular formula is C10H9N5S. The average Bonchev–Trinajstić information content (AvgIpc) is 2.99. The van der Waals surface area contributed by atoms with Crippen LogP contribution in [0.3, 0.4) is 0 Å². The van der Waals surface area contributed by atoms with Gasteiger partial charge in [-0.2, -0.15) is 0 Å². The van der Waals surface area contributed by atoms with Crippen LogP contribution < -0.4 is 0 Å². The van der Waals surface area contributed by atoms with Crippen LogP contribution in [0, 0.1) is 0 Å². The molecule has 0 spiro atoms. The second-order valence-electron chi connectivity index (χ2n) is 3.30. The van der Waals surface area contributed by atoms with Gasteiger partial charge in [-0.15, -0.1) is 11.3 Å². The summed E-state index contributed by atoms with van der Waals surface area (Å²) in [7, 11) is 0. The molecule has 16 heavy (non-hydrogen) atoms. The zero-order valence-corrected chi connectivity index (χ0v) is 9.16. The number of aromatic nitrogens is 5. The van der Waals surface area contributed by atoms with Crippen molar-refractivity contribution in [2.45, 2.75) is 6.42 Å². The van der Waals surface area contributed by atoms with Crippen molar-refractivity contribution in [3.8, 4) is 11.6 Å². The molecule has 0 amide bonds. The first kappa shape index (κ1) is 9.29. The van der Waals surface area contributed by atoms with E-state index in [1.807, 2.05) is 17.8 Å². The summed E-state index contributed by atoms with van der Waals surface area (Å²) in [6.45, 7) is 0. The van der Waals surface area contributed by atoms with Gasteiger partial charge in [0.1, 0.15) is 0 Å². The second kappa shape index (κ2) is 3.90. The minimum absolute atomic E-state index is 0.755. The van der Waals surface area contributed by atoms with Crippen LogP contribution in [0.15, 0.2) is 30.2 Å². The lowest BCUT2D eigenvalue weighted by molar-refractivity contribution is 1.07. The summed E-state index contributed by atoms with van der Waals surface area (Å²) in [5, 5.41) is 3.05. The number of imidazole rings is 2. The molecule has 3 heterocycles. The number of rotatable bonds is 3. The van der Waals surface area contributed by atoms with E-state index in [0.717, 1.165) is 28.8 Å². The van der Waals surface area contributed by atoms with E-state index in [9.17, 15) is 0 Å². The highest BCUT2D eigenvalue weighted by Gasteiger charge is 2.06. The summed E-state index contributed by atoms with van der Waals surface area (Å²) in [5.74, 6) is 1.52. The maximum absolute atomic E-state index is 4.27. The van der Waals surface area contributed by atoms with Gasteiger partial charge in [-0.3, -0.25) is 0 Å². The monoisotopic (exact) mass is 231 g/mol. The first-order valence-corrected chi connectivity index (χ1v) is 5.72. The normalized spacial score (nSPS) is 10.8. The summed E-state index contributed by atoms with van der Waals surface area (Å²) in [6.07, 6.45) is 7.89.